The molecule has 1 N–H and O–H groups in total. The van der Waals surface area contributed by atoms with E-state index in [1.54, 1.807) is 31.5 Å². The molecule has 0 spiro atoms. The summed E-state index contributed by atoms with van der Waals surface area (Å²) in [7, 11) is 1.64. The van der Waals surface area contributed by atoms with E-state index in [1.165, 1.54) is 6.07 Å². The number of hydrogen-bond donors (Lipinski definition) is 1. The van der Waals surface area contributed by atoms with Gasteiger partial charge in [-0.25, -0.2) is 4.98 Å². The van der Waals surface area contributed by atoms with Crippen LogP contribution in [0.25, 0.3) is 33.6 Å². The fraction of sp³-hybridized carbons (Fsp3) is 0.0400. The quantitative estimate of drug-likeness (QED) is 0.379. The third-order valence-electron chi connectivity index (χ3n) is 4.87. The van der Waals surface area contributed by atoms with Crippen molar-refractivity contribution < 1.29 is 19.0 Å². The minimum absolute atomic E-state index is 0.102. The molecule has 3 aromatic carbocycles. The topological polar surface area (TPSA) is 77.6 Å². The Morgan fingerprint density at radius 2 is 1.65 bits per heavy atom. The Balaban J connectivity index is 1.64. The molecule has 2 heterocycles. The van der Waals surface area contributed by atoms with E-state index in [1.807, 2.05) is 54.6 Å². The maximum absolute atomic E-state index is 9.64. The number of aromatic nitrogens is 2. The summed E-state index contributed by atoms with van der Waals surface area (Å²) in [5.41, 5.74) is 3.20. The number of furan rings is 1. The highest BCUT2D eigenvalue weighted by molar-refractivity contribution is 6.00. The van der Waals surface area contributed by atoms with E-state index >= 15 is 0 Å². The summed E-state index contributed by atoms with van der Waals surface area (Å²) in [5, 5.41) is 10.4. The Morgan fingerprint density at radius 1 is 0.839 bits per heavy atom. The summed E-state index contributed by atoms with van der Waals surface area (Å²) in [5.74, 6) is 2.01. The number of hydrogen-bond acceptors (Lipinski definition) is 6. The number of nitrogens with zero attached hydrogens (tertiary/aromatic N) is 2. The molecule has 0 amide bonds. The number of methoxy groups -OCH3 is 1. The van der Waals surface area contributed by atoms with Crippen molar-refractivity contribution >= 4 is 11.1 Å². The molecule has 2 aromatic heterocycles. The molecule has 31 heavy (non-hydrogen) atoms. The molecule has 6 nitrogen and oxygen atoms in total. The third-order valence-corrected chi connectivity index (χ3v) is 4.87. The maximum Gasteiger partial charge on any atom is 0.325 e. The molecule has 0 radical (unpaired) electrons. The SMILES string of the molecule is COc1ccc(-c2c(-c3ccccc3)oc3nc(Oc4cccc(O)c4)ncc23)cc1. The van der Waals surface area contributed by atoms with Gasteiger partial charge in [-0.1, -0.05) is 48.5 Å². The average molecular weight is 410 g/mol. The Morgan fingerprint density at radius 3 is 2.39 bits per heavy atom. The molecule has 0 bridgehead atoms. The van der Waals surface area contributed by atoms with E-state index in [-0.39, 0.29) is 11.8 Å². The minimum atomic E-state index is 0.102. The Labute approximate surface area is 178 Å². The standard InChI is InChI=1S/C25H18N2O4/c1-29-19-12-10-16(11-13-19)22-21-15-26-25(30-20-9-5-8-18(28)14-20)27-24(21)31-23(22)17-6-3-2-4-7-17/h2-15,28H,1H3. The molecule has 0 saturated heterocycles. The van der Waals surface area contributed by atoms with Crippen LogP contribution in [0.4, 0.5) is 0 Å². The van der Waals surface area contributed by atoms with E-state index in [0.717, 1.165) is 27.8 Å². The monoisotopic (exact) mass is 410 g/mol. The molecule has 5 aromatic rings. The van der Waals surface area contributed by atoms with Gasteiger partial charge in [0.05, 0.1) is 12.5 Å². The summed E-state index contributed by atoms with van der Waals surface area (Å²) >= 11 is 0. The van der Waals surface area contributed by atoms with E-state index < -0.39 is 0 Å². The van der Waals surface area contributed by atoms with Crippen molar-refractivity contribution in [3.63, 3.8) is 0 Å². The summed E-state index contributed by atoms with van der Waals surface area (Å²) in [6, 6.07) is 24.2. The van der Waals surface area contributed by atoms with Crippen LogP contribution in [0.1, 0.15) is 0 Å². The fourth-order valence-corrected chi connectivity index (χ4v) is 3.41. The minimum Gasteiger partial charge on any atom is -0.508 e. The maximum atomic E-state index is 9.64. The highest BCUT2D eigenvalue weighted by Gasteiger charge is 2.20. The van der Waals surface area contributed by atoms with E-state index in [0.29, 0.717) is 17.2 Å². The lowest BCUT2D eigenvalue weighted by atomic mass is 10.00. The highest BCUT2D eigenvalue weighted by atomic mass is 16.5. The molecule has 0 atom stereocenters. The van der Waals surface area contributed by atoms with Crippen LogP contribution in [0.5, 0.6) is 23.3 Å². The first kappa shape index (κ1) is 18.7. The number of ether oxygens (including phenoxy) is 2. The number of rotatable bonds is 5. The van der Waals surface area contributed by atoms with Crippen molar-refractivity contribution in [2.75, 3.05) is 7.11 Å². The molecular formula is C25H18N2O4. The van der Waals surface area contributed by atoms with E-state index in [4.69, 9.17) is 13.9 Å². The summed E-state index contributed by atoms with van der Waals surface area (Å²) in [6.45, 7) is 0. The van der Waals surface area contributed by atoms with Crippen molar-refractivity contribution in [3.8, 4) is 45.7 Å². The molecule has 0 aliphatic rings. The molecule has 0 aliphatic heterocycles. The second-order valence-corrected chi connectivity index (χ2v) is 6.87. The van der Waals surface area contributed by atoms with Crippen molar-refractivity contribution in [2.45, 2.75) is 0 Å². The lowest BCUT2D eigenvalue weighted by Gasteiger charge is -2.05. The van der Waals surface area contributed by atoms with Gasteiger partial charge in [0.15, 0.2) is 0 Å². The van der Waals surface area contributed by atoms with Crippen molar-refractivity contribution in [1.82, 2.24) is 9.97 Å². The molecule has 0 saturated carbocycles. The van der Waals surface area contributed by atoms with Crippen LogP contribution >= 0.6 is 0 Å². The predicted octanol–water partition coefficient (Wildman–Crippen LogP) is 6.06. The third kappa shape index (κ3) is 3.67. The molecule has 0 fully saturated rings. The number of phenols is 1. The molecule has 0 aliphatic carbocycles. The zero-order valence-corrected chi connectivity index (χ0v) is 16.6. The molecule has 152 valence electrons. The lowest BCUT2D eigenvalue weighted by molar-refractivity contribution is 0.415. The van der Waals surface area contributed by atoms with Crippen LogP contribution in [0.2, 0.25) is 0 Å². The molecule has 6 heteroatoms. The summed E-state index contributed by atoms with van der Waals surface area (Å²) < 4.78 is 17.2. The van der Waals surface area contributed by atoms with E-state index in [2.05, 4.69) is 9.97 Å². The van der Waals surface area contributed by atoms with Gasteiger partial charge in [0.2, 0.25) is 5.71 Å². The molecule has 5 rings (SSSR count). The second-order valence-electron chi connectivity index (χ2n) is 6.87. The highest BCUT2D eigenvalue weighted by Crippen LogP contribution is 2.41. The first-order valence-corrected chi connectivity index (χ1v) is 9.67. The summed E-state index contributed by atoms with van der Waals surface area (Å²) in [4.78, 5) is 8.82. The average Bonchev–Trinajstić information content (AvgIpc) is 3.18. The van der Waals surface area contributed by atoms with Gasteiger partial charge < -0.3 is 19.0 Å². The zero-order chi connectivity index (χ0) is 21.2. The number of aromatic hydroxyl groups is 1. The van der Waals surface area contributed by atoms with Crippen LogP contribution in [0.15, 0.2) is 89.5 Å². The fourth-order valence-electron chi connectivity index (χ4n) is 3.41. The van der Waals surface area contributed by atoms with Gasteiger partial charge in [0.25, 0.3) is 0 Å². The first-order valence-electron chi connectivity index (χ1n) is 9.67. The van der Waals surface area contributed by atoms with Gasteiger partial charge in [-0.05, 0) is 29.8 Å². The van der Waals surface area contributed by atoms with Gasteiger partial charge in [-0.15, -0.1) is 0 Å². The van der Waals surface area contributed by atoms with Gasteiger partial charge in [0, 0.05) is 23.4 Å². The van der Waals surface area contributed by atoms with Crippen LogP contribution in [0.3, 0.4) is 0 Å². The van der Waals surface area contributed by atoms with Crippen molar-refractivity contribution in [3.05, 3.63) is 85.1 Å². The number of fused-ring (bicyclic) bond motifs is 1. The number of benzene rings is 3. The largest absolute Gasteiger partial charge is 0.508 e. The van der Waals surface area contributed by atoms with Crippen LogP contribution in [-0.2, 0) is 0 Å². The van der Waals surface area contributed by atoms with Crippen LogP contribution in [0, 0.1) is 0 Å². The van der Waals surface area contributed by atoms with Gasteiger partial charge in [0.1, 0.15) is 23.0 Å². The smallest absolute Gasteiger partial charge is 0.325 e. The Kier molecular flexibility index (Phi) is 4.72. The van der Waals surface area contributed by atoms with Gasteiger partial charge in [-0.2, -0.15) is 4.98 Å². The van der Waals surface area contributed by atoms with Crippen LogP contribution < -0.4 is 9.47 Å². The van der Waals surface area contributed by atoms with Crippen LogP contribution in [-0.4, -0.2) is 22.2 Å². The van der Waals surface area contributed by atoms with Gasteiger partial charge in [-0.3, -0.25) is 0 Å². The zero-order valence-electron chi connectivity index (χ0n) is 16.6. The molecule has 0 unspecified atom stereocenters. The normalized spacial score (nSPS) is 10.9. The van der Waals surface area contributed by atoms with Gasteiger partial charge >= 0.3 is 6.01 Å². The summed E-state index contributed by atoms with van der Waals surface area (Å²) in [6.07, 6.45) is 1.69. The predicted molar refractivity (Wildman–Crippen MR) is 117 cm³/mol. The lowest BCUT2D eigenvalue weighted by Crippen LogP contribution is -1.91. The van der Waals surface area contributed by atoms with Crippen molar-refractivity contribution in [2.24, 2.45) is 0 Å². The Bertz CT molecular complexity index is 1350. The Hall–Kier alpha value is -4.32. The van der Waals surface area contributed by atoms with Crippen molar-refractivity contribution in [1.29, 1.82) is 0 Å². The number of phenolic OH excluding ortho intramolecular Hbond substituents is 1. The van der Waals surface area contributed by atoms with E-state index in [9.17, 15) is 5.11 Å². The first-order chi connectivity index (χ1) is 15.2. The molecular weight excluding hydrogens is 392 g/mol. The second kappa shape index (κ2) is 7.84.